The van der Waals surface area contributed by atoms with Crippen LogP contribution in [0.2, 0.25) is 0 Å². The molecule has 1 aliphatic heterocycles. The number of aromatic nitrogens is 4. The summed E-state index contributed by atoms with van der Waals surface area (Å²) in [6.07, 6.45) is 0.0609. The van der Waals surface area contributed by atoms with Crippen LogP contribution in [0.4, 0.5) is 4.39 Å². The van der Waals surface area contributed by atoms with Crippen molar-refractivity contribution < 1.29 is 23.4 Å². The molecule has 3 heterocycles. The van der Waals surface area contributed by atoms with Crippen LogP contribution in [0.15, 0.2) is 42.5 Å². The number of carbonyl (C=O) groups is 1. The third-order valence-corrected chi connectivity index (χ3v) is 5.72. The molecule has 0 saturated carbocycles. The van der Waals surface area contributed by atoms with Gasteiger partial charge in [0.15, 0.2) is 0 Å². The van der Waals surface area contributed by atoms with E-state index in [-0.39, 0.29) is 19.0 Å². The number of rotatable bonds is 6. The Morgan fingerprint density at radius 1 is 1.21 bits per heavy atom. The summed E-state index contributed by atoms with van der Waals surface area (Å²) in [6.45, 7) is 2.14. The fraction of sp³-hybridized carbons (Fsp3) is 0.292. The molecule has 4 aromatic rings. The number of methoxy groups -OCH3 is 1. The highest BCUT2D eigenvalue weighted by Gasteiger charge is 2.17. The zero-order valence-electron chi connectivity index (χ0n) is 18.4. The van der Waals surface area contributed by atoms with Gasteiger partial charge in [0, 0.05) is 30.9 Å². The van der Waals surface area contributed by atoms with Crippen LogP contribution in [0.25, 0.3) is 22.3 Å². The van der Waals surface area contributed by atoms with Crippen LogP contribution in [0.1, 0.15) is 17.1 Å². The number of ether oxygens (including phenoxy) is 3. The Balaban J connectivity index is 1.26. The molecule has 0 N–H and O–H groups in total. The fourth-order valence-electron chi connectivity index (χ4n) is 4.04. The summed E-state index contributed by atoms with van der Waals surface area (Å²) in [5.74, 6) is 0.533. The van der Waals surface area contributed by atoms with Crippen molar-refractivity contribution in [3.63, 3.8) is 0 Å². The number of halogens is 1. The van der Waals surface area contributed by atoms with Crippen LogP contribution >= 0.6 is 0 Å². The Bertz CT molecular complexity index is 1340. The van der Waals surface area contributed by atoms with Crippen LogP contribution in [-0.4, -0.2) is 39.0 Å². The quantitative estimate of drug-likeness (QED) is 0.419. The van der Waals surface area contributed by atoms with E-state index in [0.717, 1.165) is 29.0 Å². The Kier molecular flexibility index (Phi) is 5.55. The number of hydrogen-bond acceptors (Lipinski definition) is 6. The Hall–Kier alpha value is -3.72. The van der Waals surface area contributed by atoms with E-state index in [0.29, 0.717) is 35.9 Å². The molecule has 0 amide bonds. The van der Waals surface area contributed by atoms with Gasteiger partial charge in [-0.05, 0) is 35.9 Å². The molecule has 1 aliphatic rings. The highest BCUT2D eigenvalue weighted by atomic mass is 19.1. The highest BCUT2D eigenvalue weighted by molar-refractivity contribution is 5.77. The number of fused-ring (bicyclic) bond motifs is 3. The average Bonchev–Trinajstić information content (AvgIpc) is 3.37. The molecular weight excluding hydrogens is 427 g/mol. The van der Waals surface area contributed by atoms with Gasteiger partial charge < -0.3 is 18.8 Å². The van der Waals surface area contributed by atoms with Crippen LogP contribution in [-0.2, 0) is 47.5 Å². The molecule has 0 unspecified atom stereocenters. The second-order valence-corrected chi connectivity index (χ2v) is 7.88. The first-order valence-electron chi connectivity index (χ1n) is 10.6. The Morgan fingerprint density at radius 3 is 2.94 bits per heavy atom. The Labute approximate surface area is 189 Å². The molecule has 33 heavy (non-hydrogen) atoms. The van der Waals surface area contributed by atoms with E-state index in [4.69, 9.17) is 14.2 Å². The van der Waals surface area contributed by atoms with Crippen LogP contribution < -0.4 is 4.74 Å². The molecule has 170 valence electrons. The lowest BCUT2D eigenvalue weighted by molar-refractivity contribution is -0.144. The molecule has 0 fully saturated rings. The molecule has 2 aromatic heterocycles. The minimum Gasteiger partial charge on any atom is -0.496 e. The van der Waals surface area contributed by atoms with Gasteiger partial charge >= 0.3 is 5.97 Å². The third kappa shape index (κ3) is 4.19. The topological polar surface area (TPSA) is 80.4 Å². The summed E-state index contributed by atoms with van der Waals surface area (Å²) in [6, 6.07) is 11.9. The molecule has 5 rings (SSSR count). The SMILES string of the molecule is COc1cc(F)ccc1-c1cc(CC(=O)OCc2ccc3c(c2)nc2n3CCOC2)n(C)n1. The summed E-state index contributed by atoms with van der Waals surface area (Å²) in [4.78, 5) is 17.1. The largest absolute Gasteiger partial charge is 0.496 e. The molecular formula is C24H23FN4O4. The first kappa shape index (κ1) is 21.1. The lowest BCUT2D eigenvalue weighted by atomic mass is 10.1. The lowest BCUT2D eigenvalue weighted by Gasteiger charge is -2.14. The van der Waals surface area contributed by atoms with Crippen molar-refractivity contribution in [3.05, 3.63) is 65.4 Å². The van der Waals surface area contributed by atoms with E-state index in [9.17, 15) is 9.18 Å². The lowest BCUT2D eigenvalue weighted by Crippen LogP contribution is -2.16. The summed E-state index contributed by atoms with van der Waals surface area (Å²) < 4.78 is 33.5. The van der Waals surface area contributed by atoms with Crippen molar-refractivity contribution in [2.75, 3.05) is 13.7 Å². The van der Waals surface area contributed by atoms with Gasteiger partial charge in [0.25, 0.3) is 0 Å². The molecule has 0 spiro atoms. The number of esters is 1. The number of carbonyl (C=O) groups excluding carboxylic acids is 1. The molecule has 2 aromatic carbocycles. The van der Waals surface area contributed by atoms with Crippen molar-refractivity contribution in [2.45, 2.75) is 26.2 Å². The van der Waals surface area contributed by atoms with Gasteiger partial charge in [-0.2, -0.15) is 5.10 Å². The van der Waals surface area contributed by atoms with E-state index in [2.05, 4.69) is 14.6 Å². The predicted octanol–water partition coefficient (Wildman–Crippen LogP) is 3.40. The fourth-order valence-corrected chi connectivity index (χ4v) is 4.04. The van der Waals surface area contributed by atoms with Crippen molar-refractivity contribution >= 4 is 17.0 Å². The number of imidazole rings is 1. The van der Waals surface area contributed by atoms with Crippen LogP contribution in [0, 0.1) is 5.82 Å². The molecule has 0 saturated heterocycles. The first-order valence-corrected chi connectivity index (χ1v) is 10.6. The van der Waals surface area contributed by atoms with Crippen LogP contribution in [0.3, 0.4) is 0 Å². The van der Waals surface area contributed by atoms with Crippen molar-refractivity contribution in [1.29, 1.82) is 0 Å². The van der Waals surface area contributed by atoms with E-state index < -0.39 is 5.82 Å². The smallest absolute Gasteiger partial charge is 0.312 e. The summed E-state index contributed by atoms with van der Waals surface area (Å²) in [5, 5.41) is 4.44. The van der Waals surface area contributed by atoms with E-state index in [1.807, 2.05) is 18.2 Å². The van der Waals surface area contributed by atoms with Gasteiger partial charge in [-0.3, -0.25) is 9.48 Å². The molecule has 8 nitrogen and oxygen atoms in total. The number of benzene rings is 2. The van der Waals surface area contributed by atoms with E-state index >= 15 is 0 Å². The normalized spacial score (nSPS) is 13.2. The maximum Gasteiger partial charge on any atom is 0.312 e. The maximum atomic E-state index is 13.5. The van der Waals surface area contributed by atoms with Gasteiger partial charge in [-0.25, -0.2) is 9.37 Å². The van der Waals surface area contributed by atoms with Crippen molar-refractivity contribution in [1.82, 2.24) is 19.3 Å². The summed E-state index contributed by atoms with van der Waals surface area (Å²) >= 11 is 0. The van der Waals surface area contributed by atoms with Crippen molar-refractivity contribution in [2.24, 2.45) is 7.05 Å². The summed E-state index contributed by atoms with van der Waals surface area (Å²) in [7, 11) is 3.23. The summed E-state index contributed by atoms with van der Waals surface area (Å²) in [5.41, 5.74) is 4.72. The number of aryl methyl sites for hydroxylation is 1. The van der Waals surface area contributed by atoms with Gasteiger partial charge in [-0.1, -0.05) is 6.07 Å². The third-order valence-electron chi connectivity index (χ3n) is 5.72. The van der Waals surface area contributed by atoms with Gasteiger partial charge in [0.05, 0.1) is 36.9 Å². The van der Waals surface area contributed by atoms with Crippen molar-refractivity contribution in [3.8, 4) is 17.0 Å². The zero-order chi connectivity index (χ0) is 22.9. The zero-order valence-corrected chi connectivity index (χ0v) is 18.4. The standard InChI is InChI=1S/C24H23FN4O4/c1-28-17(11-19(27-28)18-5-4-16(25)10-22(18)31-2)12-24(30)33-13-15-3-6-21-20(9-15)26-23-14-32-8-7-29(21)23/h3-6,9-11H,7-8,12-14H2,1-2H3. The van der Waals surface area contributed by atoms with E-state index in [1.165, 1.54) is 19.2 Å². The van der Waals surface area contributed by atoms with Crippen LogP contribution in [0.5, 0.6) is 5.75 Å². The van der Waals surface area contributed by atoms with Gasteiger partial charge in [0.1, 0.15) is 30.6 Å². The highest BCUT2D eigenvalue weighted by Crippen LogP contribution is 2.30. The van der Waals surface area contributed by atoms with Gasteiger partial charge in [0.2, 0.25) is 0 Å². The van der Waals surface area contributed by atoms with Gasteiger partial charge in [-0.15, -0.1) is 0 Å². The molecule has 0 bridgehead atoms. The monoisotopic (exact) mass is 450 g/mol. The number of hydrogen-bond donors (Lipinski definition) is 0. The Morgan fingerprint density at radius 2 is 2.09 bits per heavy atom. The number of nitrogens with zero attached hydrogens (tertiary/aromatic N) is 4. The molecule has 0 atom stereocenters. The first-order chi connectivity index (χ1) is 16.0. The van der Waals surface area contributed by atoms with E-state index in [1.54, 1.807) is 23.9 Å². The molecule has 0 radical (unpaired) electrons. The predicted molar refractivity (Wildman–Crippen MR) is 118 cm³/mol. The second kappa shape index (κ2) is 8.67. The molecule has 9 heteroatoms. The minimum atomic E-state index is -0.391. The maximum absolute atomic E-state index is 13.5. The molecule has 0 aliphatic carbocycles. The average molecular weight is 450 g/mol. The second-order valence-electron chi connectivity index (χ2n) is 7.88. The minimum absolute atomic E-state index is 0.0609.